The summed E-state index contributed by atoms with van der Waals surface area (Å²) in [5.74, 6) is 0.266. The van der Waals surface area contributed by atoms with Gasteiger partial charge in [-0.25, -0.2) is 4.79 Å². The fourth-order valence-corrected chi connectivity index (χ4v) is 2.31. The predicted molar refractivity (Wildman–Crippen MR) is 81.6 cm³/mol. The Morgan fingerprint density at radius 1 is 1.00 bits per heavy atom. The molecule has 0 atom stereocenters. The maximum atomic E-state index is 11.7. The molecular weight excluding hydrogens is 272 g/mol. The van der Waals surface area contributed by atoms with Crippen molar-refractivity contribution in [3.63, 3.8) is 0 Å². The van der Waals surface area contributed by atoms with Crippen LogP contribution in [0.5, 0.6) is 5.75 Å². The van der Waals surface area contributed by atoms with Crippen LogP contribution < -0.4 is 4.74 Å². The van der Waals surface area contributed by atoms with Gasteiger partial charge in [0.15, 0.2) is 0 Å². The van der Waals surface area contributed by atoms with E-state index in [9.17, 15) is 4.79 Å². The summed E-state index contributed by atoms with van der Waals surface area (Å²) in [6, 6.07) is 13.5. The van der Waals surface area contributed by atoms with Gasteiger partial charge in [0.2, 0.25) is 0 Å². The van der Waals surface area contributed by atoms with E-state index in [1.807, 2.05) is 30.5 Å². The molecule has 0 aliphatic heterocycles. The fourth-order valence-electron chi connectivity index (χ4n) is 1.90. The summed E-state index contributed by atoms with van der Waals surface area (Å²) in [6.07, 6.45) is 2.04. The highest BCUT2D eigenvalue weighted by Gasteiger charge is 2.10. The van der Waals surface area contributed by atoms with Crippen molar-refractivity contribution in [1.82, 2.24) is 0 Å². The van der Waals surface area contributed by atoms with Gasteiger partial charge in [-0.05, 0) is 47.7 Å². The first-order valence-corrected chi connectivity index (χ1v) is 7.32. The van der Waals surface area contributed by atoms with E-state index in [-0.39, 0.29) is 5.97 Å². The normalized spacial score (nSPS) is 10.2. The lowest BCUT2D eigenvalue weighted by molar-refractivity contribution is 0.0600. The number of rotatable bonds is 4. The molecule has 104 valence electrons. The minimum absolute atomic E-state index is 0.370. The van der Waals surface area contributed by atoms with Crippen molar-refractivity contribution < 1.29 is 14.3 Å². The van der Waals surface area contributed by atoms with E-state index in [0.29, 0.717) is 11.3 Å². The SMILES string of the molecule is COC(=O)c1cc(OC)cc(-c2ccc(SC)cc2)c1. The minimum atomic E-state index is -0.370. The Kier molecular flexibility index (Phi) is 4.69. The third-order valence-electron chi connectivity index (χ3n) is 2.99. The lowest BCUT2D eigenvalue weighted by Gasteiger charge is -2.09. The molecule has 0 aliphatic carbocycles. The molecule has 0 bridgehead atoms. The van der Waals surface area contributed by atoms with Crippen LogP contribution in [0, 0.1) is 0 Å². The first-order chi connectivity index (χ1) is 9.67. The highest BCUT2D eigenvalue weighted by atomic mass is 32.2. The topological polar surface area (TPSA) is 35.5 Å². The van der Waals surface area contributed by atoms with Crippen molar-refractivity contribution in [2.75, 3.05) is 20.5 Å². The second-order valence-corrected chi connectivity index (χ2v) is 5.05. The average molecular weight is 288 g/mol. The van der Waals surface area contributed by atoms with Gasteiger partial charge in [-0.3, -0.25) is 0 Å². The molecule has 2 rings (SSSR count). The van der Waals surface area contributed by atoms with Crippen LogP contribution in [0.15, 0.2) is 47.4 Å². The second-order valence-electron chi connectivity index (χ2n) is 4.17. The summed E-state index contributed by atoms with van der Waals surface area (Å²) >= 11 is 1.69. The largest absolute Gasteiger partial charge is 0.497 e. The van der Waals surface area contributed by atoms with Gasteiger partial charge in [-0.2, -0.15) is 0 Å². The number of hydrogen-bond donors (Lipinski definition) is 0. The summed E-state index contributed by atoms with van der Waals surface area (Å²) in [4.78, 5) is 12.9. The van der Waals surface area contributed by atoms with Crippen molar-refractivity contribution >= 4 is 17.7 Å². The average Bonchev–Trinajstić information content (AvgIpc) is 2.53. The van der Waals surface area contributed by atoms with Crippen molar-refractivity contribution in [3.05, 3.63) is 48.0 Å². The Balaban J connectivity index is 2.46. The lowest BCUT2D eigenvalue weighted by atomic mass is 10.0. The van der Waals surface area contributed by atoms with Gasteiger partial charge >= 0.3 is 5.97 Å². The first-order valence-electron chi connectivity index (χ1n) is 6.09. The molecule has 0 amide bonds. The van der Waals surface area contributed by atoms with Crippen LogP contribution in [0.25, 0.3) is 11.1 Å². The van der Waals surface area contributed by atoms with Crippen LogP contribution in [0.2, 0.25) is 0 Å². The van der Waals surface area contributed by atoms with Gasteiger partial charge in [0.05, 0.1) is 19.8 Å². The fraction of sp³-hybridized carbons (Fsp3) is 0.188. The van der Waals surface area contributed by atoms with Crippen LogP contribution in [0.3, 0.4) is 0 Å². The Morgan fingerprint density at radius 3 is 2.25 bits per heavy atom. The number of carbonyl (C=O) groups is 1. The predicted octanol–water partition coefficient (Wildman–Crippen LogP) is 3.87. The molecule has 0 fully saturated rings. The molecule has 0 spiro atoms. The Labute approximate surface area is 122 Å². The van der Waals surface area contributed by atoms with E-state index in [2.05, 4.69) is 12.1 Å². The third kappa shape index (κ3) is 3.14. The maximum absolute atomic E-state index is 11.7. The molecule has 2 aromatic rings. The molecule has 0 aromatic heterocycles. The van der Waals surface area contributed by atoms with E-state index in [1.54, 1.807) is 24.9 Å². The first kappa shape index (κ1) is 14.5. The molecule has 3 nitrogen and oxygen atoms in total. The number of thioether (sulfide) groups is 1. The zero-order valence-electron chi connectivity index (χ0n) is 11.7. The van der Waals surface area contributed by atoms with Crippen molar-refractivity contribution in [2.24, 2.45) is 0 Å². The molecule has 2 aromatic carbocycles. The number of benzene rings is 2. The van der Waals surface area contributed by atoms with Crippen LogP contribution in [-0.4, -0.2) is 26.4 Å². The zero-order valence-corrected chi connectivity index (χ0v) is 12.5. The van der Waals surface area contributed by atoms with Gasteiger partial charge in [0.25, 0.3) is 0 Å². The number of carbonyl (C=O) groups excluding carboxylic acids is 1. The second kappa shape index (κ2) is 6.48. The molecule has 4 heteroatoms. The highest BCUT2D eigenvalue weighted by molar-refractivity contribution is 7.98. The quantitative estimate of drug-likeness (QED) is 0.632. The molecule has 0 saturated heterocycles. The van der Waals surface area contributed by atoms with Gasteiger partial charge < -0.3 is 9.47 Å². The lowest BCUT2D eigenvalue weighted by Crippen LogP contribution is -2.02. The van der Waals surface area contributed by atoms with E-state index in [1.165, 1.54) is 12.0 Å². The molecule has 0 heterocycles. The van der Waals surface area contributed by atoms with Crippen LogP contribution in [-0.2, 0) is 4.74 Å². The minimum Gasteiger partial charge on any atom is -0.497 e. The molecule has 0 N–H and O–H groups in total. The smallest absolute Gasteiger partial charge is 0.338 e. The van der Waals surface area contributed by atoms with Crippen LogP contribution in [0.4, 0.5) is 0 Å². The maximum Gasteiger partial charge on any atom is 0.338 e. The molecule has 0 aliphatic rings. The van der Waals surface area contributed by atoms with Crippen molar-refractivity contribution in [1.29, 1.82) is 0 Å². The zero-order chi connectivity index (χ0) is 14.5. The number of ether oxygens (including phenoxy) is 2. The highest BCUT2D eigenvalue weighted by Crippen LogP contribution is 2.28. The summed E-state index contributed by atoms with van der Waals surface area (Å²) in [5.41, 5.74) is 2.44. The number of esters is 1. The molecule has 20 heavy (non-hydrogen) atoms. The van der Waals surface area contributed by atoms with Gasteiger partial charge in [0.1, 0.15) is 5.75 Å². The monoisotopic (exact) mass is 288 g/mol. The summed E-state index contributed by atoms with van der Waals surface area (Å²) in [6.45, 7) is 0. The van der Waals surface area contributed by atoms with E-state index < -0.39 is 0 Å². The van der Waals surface area contributed by atoms with Crippen LogP contribution >= 0.6 is 11.8 Å². The van der Waals surface area contributed by atoms with E-state index in [4.69, 9.17) is 9.47 Å². The molecular formula is C16H16O3S. The van der Waals surface area contributed by atoms with Gasteiger partial charge in [-0.1, -0.05) is 12.1 Å². The Bertz CT molecular complexity index is 606. The van der Waals surface area contributed by atoms with Crippen molar-refractivity contribution in [2.45, 2.75) is 4.90 Å². The Morgan fingerprint density at radius 2 is 1.70 bits per heavy atom. The summed E-state index contributed by atoms with van der Waals surface area (Å²) in [7, 11) is 2.95. The molecule has 0 saturated carbocycles. The summed E-state index contributed by atoms with van der Waals surface area (Å²) < 4.78 is 10.0. The van der Waals surface area contributed by atoms with Gasteiger partial charge in [0, 0.05) is 4.90 Å². The van der Waals surface area contributed by atoms with Crippen LogP contribution in [0.1, 0.15) is 10.4 Å². The molecule has 0 unspecified atom stereocenters. The molecule has 0 radical (unpaired) electrons. The summed E-state index contributed by atoms with van der Waals surface area (Å²) in [5, 5.41) is 0. The number of methoxy groups -OCH3 is 2. The Hall–Kier alpha value is -1.94. The number of hydrogen-bond acceptors (Lipinski definition) is 4. The standard InChI is InChI=1S/C16H16O3S/c1-18-14-9-12(8-13(10-14)16(17)19-2)11-4-6-15(20-3)7-5-11/h4-10H,1-3H3. The van der Waals surface area contributed by atoms with E-state index >= 15 is 0 Å². The van der Waals surface area contributed by atoms with Crippen molar-refractivity contribution in [3.8, 4) is 16.9 Å². The van der Waals surface area contributed by atoms with Gasteiger partial charge in [-0.15, -0.1) is 11.8 Å². The van der Waals surface area contributed by atoms with E-state index in [0.717, 1.165) is 11.1 Å². The third-order valence-corrected chi connectivity index (χ3v) is 3.73.